The summed E-state index contributed by atoms with van der Waals surface area (Å²) in [6.07, 6.45) is 2.28. The third-order valence-electron chi connectivity index (χ3n) is 21.7. The zero-order valence-corrected chi connectivity index (χ0v) is 50.8. The molecule has 0 spiro atoms. The molecule has 0 amide bonds. The third-order valence-corrected chi connectivity index (χ3v) is 21.7. The lowest BCUT2D eigenvalue weighted by Crippen LogP contribution is -2.71. The van der Waals surface area contributed by atoms with Gasteiger partial charge in [-0.2, -0.15) is 0 Å². The summed E-state index contributed by atoms with van der Waals surface area (Å²) in [7, 11) is 0. The van der Waals surface area contributed by atoms with Gasteiger partial charge >= 0.3 is 11.9 Å². The molecular weight excluding hydrogens is 1050 g/mol. The molecule has 6 aliphatic rings. The Morgan fingerprint density at radius 2 is 1.13 bits per heavy atom. The molecule has 11 heteroatoms. The average molecular weight is 1140 g/mol. The van der Waals surface area contributed by atoms with E-state index in [1.165, 1.54) is 12.5 Å². The second-order valence-corrected chi connectivity index (χ2v) is 26.8. The molecular formula is C73H90O11. The number of hydrogen-bond donors (Lipinski definition) is 0. The van der Waals surface area contributed by atoms with Gasteiger partial charge in [-0.3, -0.25) is 9.59 Å². The number of fused-ring (bicyclic) bond motifs is 3. The van der Waals surface area contributed by atoms with Crippen LogP contribution in [0.5, 0.6) is 0 Å². The van der Waals surface area contributed by atoms with E-state index in [1.807, 2.05) is 103 Å². The monoisotopic (exact) mass is 1140 g/mol. The van der Waals surface area contributed by atoms with Gasteiger partial charge in [0.05, 0.1) is 52.2 Å². The Labute approximate surface area is 499 Å². The van der Waals surface area contributed by atoms with Gasteiger partial charge in [-0.05, 0) is 106 Å². The lowest BCUT2D eigenvalue weighted by molar-refractivity contribution is -0.364. The van der Waals surface area contributed by atoms with Crippen LogP contribution in [0.4, 0.5) is 0 Å². The van der Waals surface area contributed by atoms with Crippen molar-refractivity contribution < 1.29 is 52.2 Å². The summed E-state index contributed by atoms with van der Waals surface area (Å²) in [5.74, 6) is 0.160. The summed E-state index contributed by atoms with van der Waals surface area (Å²) >= 11 is 0. The number of rotatable bonds is 21. The van der Waals surface area contributed by atoms with Gasteiger partial charge in [0.2, 0.25) is 0 Å². The average Bonchev–Trinajstić information content (AvgIpc) is 1.30. The first kappa shape index (κ1) is 60.2. The molecule has 5 aromatic rings. The molecule has 16 atom stereocenters. The minimum absolute atomic E-state index is 0.0881. The van der Waals surface area contributed by atoms with Gasteiger partial charge in [0.25, 0.3) is 0 Å². The first-order valence-electron chi connectivity index (χ1n) is 31.1. The van der Waals surface area contributed by atoms with Crippen molar-refractivity contribution in [3.63, 3.8) is 0 Å². The van der Waals surface area contributed by atoms with E-state index in [0.29, 0.717) is 38.8 Å². The minimum Gasteiger partial charge on any atom is -0.461 e. The molecule has 2 aliphatic heterocycles. The molecule has 3 saturated carbocycles. The van der Waals surface area contributed by atoms with Crippen LogP contribution in [0.3, 0.4) is 0 Å². The summed E-state index contributed by atoms with van der Waals surface area (Å²) < 4.78 is 63.2. The zero-order chi connectivity index (χ0) is 58.7. The second kappa shape index (κ2) is 25.4. The van der Waals surface area contributed by atoms with Crippen LogP contribution in [-0.2, 0) is 85.3 Å². The number of esters is 2. The smallest absolute Gasteiger partial charge is 0.310 e. The van der Waals surface area contributed by atoms with Crippen molar-refractivity contribution in [2.24, 2.45) is 56.7 Å². The molecule has 11 nitrogen and oxygen atoms in total. The van der Waals surface area contributed by atoms with E-state index in [-0.39, 0.29) is 72.9 Å². The number of allylic oxidation sites excluding steroid dienone is 1. The van der Waals surface area contributed by atoms with Crippen LogP contribution in [0, 0.1) is 56.7 Å². The molecule has 2 heterocycles. The molecule has 0 N–H and O–H groups in total. The van der Waals surface area contributed by atoms with Crippen molar-refractivity contribution in [3.8, 4) is 0 Å². The Bertz CT molecular complexity index is 3000. The summed E-state index contributed by atoms with van der Waals surface area (Å²) in [6, 6.07) is 50.6. The fourth-order valence-corrected chi connectivity index (χ4v) is 16.9. The normalized spacial score (nSPS) is 34.7. The van der Waals surface area contributed by atoms with E-state index in [0.717, 1.165) is 59.9 Å². The first-order chi connectivity index (χ1) is 40.6. The fourth-order valence-electron chi connectivity index (χ4n) is 16.9. The van der Waals surface area contributed by atoms with Crippen LogP contribution in [0.15, 0.2) is 163 Å². The van der Waals surface area contributed by atoms with Crippen molar-refractivity contribution in [2.75, 3.05) is 19.8 Å². The predicted molar refractivity (Wildman–Crippen MR) is 322 cm³/mol. The van der Waals surface area contributed by atoms with Crippen molar-refractivity contribution in [1.82, 2.24) is 0 Å². The van der Waals surface area contributed by atoms with Crippen molar-refractivity contribution in [3.05, 3.63) is 191 Å². The van der Waals surface area contributed by atoms with Gasteiger partial charge in [-0.25, -0.2) is 0 Å². The second-order valence-electron chi connectivity index (χ2n) is 26.8. The summed E-state index contributed by atoms with van der Waals surface area (Å²) in [5, 5.41) is 0. The van der Waals surface area contributed by atoms with Crippen LogP contribution in [0.2, 0.25) is 0 Å². The Morgan fingerprint density at radius 3 is 1.68 bits per heavy atom. The Hall–Kier alpha value is -5.50. The Balaban J connectivity index is 0.956. The fraction of sp³-hybridized carbons (Fsp3) is 0.534. The molecule has 5 aromatic carbocycles. The van der Waals surface area contributed by atoms with E-state index in [2.05, 4.69) is 103 Å². The van der Waals surface area contributed by atoms with E-state index in [1.54, 1.807) is 0 Å². The molecule has 2 bridgehead atoms. The van der Waals surface area contributed by atoms with Crippen LogP contribution >= 0.6 is 0 Å². The highest BCUT2D eigenvalue weighted by Crippen LogP contribution is 2.75. The first-order valence-corrected chi connectivity index (χ1v) is 31.1. The molecule has 5 fully saturated rings. The third kappa shape index (κ3) is 11.8. The van der Waals surface area contributed by atoms with Crippen LogP contribution in [0.25, 0.3) is 0 Å². The van der Waals surface area contributed by atoms with Crippen LogP contribution < -0.4 is 0 Å². The molecule has 0 aromatic heterocycles. The van der Waals surface area contributed by atoms with Crippen molar-refractivity contribution in [1.29, 1.82) is 0 Å². The standard InChI is InChI=1S/C73H90O11/c1-49(2)50(3)69(5)38-39-71(7)57-34-35-61-70(6)47-77-48-73(61,58(57)36-37-72(71,8)65(69)67(75)81-45-56-32-22-13-23-33-56)40-59(82-51(4)74)66(70)84-68-64(80-44-55-30-20-12-21-31-55)63(79-43-54-28-18-11-19-29-54)62(78-42-53-26-16-10-17-27-53)60(83-68)46-76-41-52-24-14-9-15-25-52/h9-33,36,49-50,57,59-66,68H,34-35,37-48H2,1-8H3/t50-,57+,59-,60?,61+,62+,63+,64?,65-,66+,68+,69-,70?,71-,72+,73+/m1/s1. The maximum Gasteiger partial charge on any atom is 0.310 e. The molecule has 84 heavy (non-hydrogen) atoms. The molecule has 448 valence electrons. The predicted octanol–water partition coefficient (Wildman–Crippen LogP) is 14.2. The SMILES string of the molecule is CC(=O)O[C@@H]1C[C@@]23COCC(C)([C@H]1O[C@@H]1OC(COCc4ccccc4)[C@H](OCc4ccccc4)[C@H](OCc4ccccc4)C1OCc1ccccc1)[C@@H]2CC[C@H]1C3=CC[C@@]2(C)[C@H](C(=O)OCc3ccccc3)[C@@](C)([C@H](C)C(C)C)CC[C@]12C. The van der Waals surface area contributed by atoms with Crippen molar-refractivity contribution in [2.45, 2.75) is 170 Å². The molecule has 3 unspecified atom stereocenters. The molecule has 2 saturated heterocycles. The highest BCUT2D eigenvalue weighted by Gasteiger charge is 2.72. The lowest BCUT2D eigenvalue weighted by Gasteiger charge is -2.71. The Kier molecular flexibility index (Phi) is 18.2. The molecule has 0 radical (unpaired) electrons. The van der Waals surface area contributed by atoms with Crippen molar-refractivity contribution >= 4 is 11.9 Å². The van der Waals surface area contributed by atoms with Gasteiger partial charge in [0.1, 0.15) is 43.2 Å². The maximum absolute atomic E-state index is 15.2. The molecule has 11 rings (SSSR count). The number of hydrogen-bond acceptors (Lipinski definition) is 11. The van der Waals surface area contributed by atoms with E-state index in [4.69, 9.17) is 42.6 Å². The highest BCUT2D eigenvalue weighted by atomic mass is 16.7. The van der Waals surface area contributed by atoms with Crippen LogP contribution in [-0.4, -0.2) is 74.7 Å². The largest absolute Gasteiger partial charge is 0.461 e. The lowest BCUT2D eigenvalue weighted by atomic mass is 9.34. The summed E-state index contributed by atoms with van der Waals surface area (Å²) in [6.45, 7) is 20.5. The quantitative estimate of drug-likeness (QED) is 0.0397. The topological polar surface area (TPSA) is 117 Å². The number of carbonyl (C=O) groups excluding carboxylic acids is 2. The van der Waals surface area contributed by atoms with Gasteiger partial charge in [-0.15, -0.1) is 0 Å². The number of carbonyl (C=O) groups is 2. The maximum atomic E-state index is 15.2. The van der Waals surface area contributed by atoms with Gasteiger partial charge in [-0.1, -0.05) is 212 Å². The Morgan fingerprint density at radius 1 is 0.607 bits per heavy atom. The van der Waals surface area contributed by atoms with Crippen LogP contribution in [0.1, 0.15) is 122 Å². The summed E-state index contributed by atoms with van der Waals surface area (Å²) in [4.78, 5) is 28.9. The van der Waals surface area contributed by atoms with E-state index in [9.17, 15) is 4.79 Å². The minimum atomic E-state index is -1.03. The highest BCUT2D eigenvalue weighted by molar-refractivity contribution is 5.75. The number of benzene rings is 5. The summed E-state index contributed by atoms with van der Waals surface area (Å²) in [5.41, 5.74) is 4.38. The zero-order valence-electron chi connectivity index (χ0n) is 50.8. The van der Waals surface area contributed by atoms with Gasteiger partial charge < -0.3 is 42.6 Å². The van der Waals surface area contributed by atoms with Gasteiger partial charge in [0, 0.05) is 17.8 Å². The van der Waals surface area contributed by atoms with Gasteiger partial charge in [0.15, 0.2) is 6.29 Å². The molecule has 4 aliphatic carbocycles. The van der Waals surface area contributed by atoms with E-state index < -0.39 is 59.2 Å². The number of ether oxygens (including phenoxy) is 9. The van der Waals surface area contributed by atoms with E-state index >= 15 is 4.79 Å².